The Kier molecular flexibility index (Phi) is 3.82. The summed E-state index contributed by atoms with van der Waals surface area (Å²) in [6.45, 7) is 0.484. The molecule has 0 radical (unpaired) electrons. The molecule has 0 spiro atoms. The fourth-order valence-electron chi connectivity index (χ4n) is 2.54. The molecule has 0 bridgehead atoms. The van der Waals surface area contributed by atoms with Crippen molar-refractivity contribution in [2.45, 2.75) is 19.0 Å². The van der Waals surface area contributed by atoms with Crippen LogP contribution in [0.2, 0.25) is 5.15 Å². The molecule has 1 amide bonds. The number of rotatable bonds is 3. The summed E-state index contributed by atoms with van der Waals surface area (Å²) < 4.78 is 41.2. The fourth-order valence-corrected chi connectivity index (χ4v) is 2.69. The predicted octanol–water partition coefficient (Wildman–Crippen LogP) is 2.93. The number of aromatic nitrogens is 2. The van der Waals surface area contributed by atoms with Crippen LogP contribution in [0.5, 0.6) is 0 Å². The van der Waals surface area contributed by atoms with Gasteiger partial charge in [-0.3, -0.25) is 4.79 Å². The van der Waals surface area contributed by atoms with E-state index in [0.29, 0.717) is 5.15 Å². The van der Waals surface area contributed by atoms with Gasteiger partial charge in [0.25, 0.3) is 0 Å². The van der Waals surface area contributed by atoms with Gasteiger partial charge in [-0.15, -0.1) is 0 Å². The minimum atomic E-state index is -1.50. The monoisotopic (exact) mass is 329 g/mol. The van der Waals surface area contributed by atoms with Gasteiger partial charge in [-0.1, -0.05) is 11.6 Å². The van der Waals surface area contributed by atoms with Crippen LogP contribution >= 0.6 is 11.6 Å². The third-order valence-corrected chi connectivity index (χ3v) is 3.99. The summed E-state index contributed by atoms with van der Waals surface area (Å²) in [5.74, 6) is -4.56. The van der Waals surface area contributed by atoms with Gasteiger partial charge in [0, 0.05) is 18.9 Å². The number of hydrogen-bond acceptors (Lipinski definition) is 2. The minimum absolute atomic E-state index is 0.108. The molecule has 1 atom stereocenters. The lowest BCUT2D eigenvalue weighted by molar-refractivity contribution is -0.129. The van der Waals surface area contributed by atoms with Crippen LogP contribution in [0.4, 0.5) is 13.2 Å². The minimum Gasteiger partial charge on any atom is -0.324 e. The Labute approximate surface area is 129 Å². The van der Waals surface area contributed by atoms with Gasteiger partial charge >= 0.3 is 0 Å². The molecule has 1 saturated heterocycles. The highest BCUT2D eigenvalue weighted by molar-refractivity contribution is 6.29. The Morgan fingerprint density at radius 1 is 1.27 bits per heavy atom. The molecule has 1 unspecified atom stereocenters. The molecule has 22 heavy (non-hydrogen) atoms. The zero-order chi connectivity index (χ0) is 15.9. The van der Waals surface area contributed by atoms with Crippen molar-refractivity contribution >= 4 is 17.5 Å². The third-order valence-electron chi connectivity index (χ3n) is 3.68. The third kappa shape index (κ3) is 2.68. The first kappa shape index (κ1) is 14.9. The Bertz CT molecular complexity index is 711. The molecule has 1 aromatic carbocycles. The number of imidazole rings is 1. The van der Waals surface area contributed by atoms with Crippen molar-refractivity contribution in [2.24, 2.45) is 0 Å². The Morgan fingerprint density at radius 2 is 1.95 bits per heavy atom. The number of likely N-dealkylation sites (tertiary alicyclic amines) is 1. The Morgan fingerprint density at radius 3 is 2.55 bits per heavy atom. The van der Waals surface area contributed by atoms with E-state index in [1.54, 1.807) is 4.57 Å². The first-order chi connectivity index (χ1) is 10.5. The molecule has 0 N–H and O–H groups in total. The molecule has 2 heterocycles. The van der Waals surface area contributed by atoms with E-state index >= 15 is 0 Å². The summed E-state index contributed by atoms with van der Waals surface area (Å²) in [5.41, 5.74) is 0.268. The molecule has 3 rings (SSSR count). The van der Waals surface area contributed by atoms with Gasteiger partial charge in [0.2, 0.25) is 5.91 Å². The number of carbonyl (C=O) groups is 1. The number of hydrogen-bond donors (Lipinski definition) is 0. The summed E-state index contributed by atoms with van der Waals surface area (Å²) in [7, 11) is 0. The van der Waals surface area contributed by atoms with E-state index in [1.807, 2.05) is 0 Å². The topological polar surface area (TPSA) is 38.1 Å². The standard InChI is InChI=1S/C14H11ClF3N3O/c15-12-4-19-6-21(12)7-20-5-9(3-13(20)22)8-1-10(16)14(18)11(17)2-8/h1-2,4,6,9H,3,5,7H2. The highest BCUT2D eigenvalue weighted by Gasteiger charge is 2.32. The highest BCUT2D eigenvalue weighted by atomic mass is 35.5. The molecule has 8 heteroatoms. The van der Waals surface area contributed by atoms with Crippen LogP contribution in [0.1, 0.15) is 17.9 Å². The van der Waals surface area contributed by atoms with Crippen molar-refractivity contribution in [3.63, 3.8) is 0 Å². The van der Waals surface area contributed by atoms with Crippen LogP contribution in [0, 0.1) is 17.5 Å². The quantitative estimate of drug-likeness (QED) is 0.812. The average Bonchev–Trinajstić information content (AvgIpc) is 3.03. The predicted molar refractivity (Wildman–Crippen MR) is 72.6 cm³/mol. The summed E-state index contributed by atoms with van der Waals surface area (Å²) >= 11 is 5.90. The molecule has 1 aliphatic rings. The fraction of sp³-hybridized carbons (Fsp3) is 0.286. The Hall–Kier alpha value is -2.02. The van der Waals surface area contributed by atoms with Crippen molar-refractivity contribution in [2.75, 3.05) is 6.54 Å². The number of nitrogens with zero attached hydrogens (tertiary/aromatic N) is 3. The van der Waals surface area contributed by atoms with E-state index in [2.05, 4.69) is 4.98 Å². The van der Waals surface area contributed by atoms with Crippen LogP contribution in [0.25, 0.3) is 0 Å². The molecular formula is C14H11ClF3N3O. The molecule has 0 saturated carbocycles. The van der Waals surface area contributed by atoms with Gasteiger partial charge < -0.3 is 9.47 Å². The van der Waals surface area contributed by atoms with Gasteiger partial charge in [-0.25, -0.2) is 18.2 Å². The van der Waals surface area contributed by atoms with Gasteiger partial charge in [-0.05, 0) is 17.7 Å². The van der Waals surface area contributed by atoms with E-state index < -0.39 is 17.5 Å². The van der Waals surface area contributed by atoms with Crippen molar-refractivity contribution in [3.05, 3.63) is 52.8 Å². The zero-order valence-corrected chi connectivity index (χ0v) is 12.0. The van der Waals surface area contributed by atoms with Gasteiger partial charge in [0.05, 0.1) is 19.2 Å². The van der Waals surface area contributed by atoms with Gasteiger partial charge in [0.1, 0.15) is 5.15 Å². The van der Waals surface area contributed by atoms with Crippen molar-refractivity contribution in [1.82, 2.24) is 14.5 Å². The first-order valence-electron chi connectivity index (χ1n) is 6.53. The second-order valence-corrected chi connectivity index (χ2v) is 5.53. The van der Waals surface area contributed by atoms with E-state index in [0.717, 1.165) is 12.1 Å². The smallest absolute Gasteiger partial charge is 0.224 e. The van der Waals surface area contributed by atoms with E-state index in [1.165, 1.54) is 17.4 Å². The van der Waals surface area contributed by atoms with Crippen LogP contribution in [-0.4, -0.2) is 26.9 Å². The number of amides is 1. The van der Waals surface area contributed by atoms with Crippen molar-refractivity contribution in [3.8, 4) is 0 Å². The second kappa shape index (κ2) is 5.64. The summed E-state index contributed by atoms with van der Waals surface area (Å²) in [6, 6.07) is 1.87. The SMILES string of the molecule is O=C1CC(c2cc(F)c(F)c(F)c2)CN1Cn1cncc1Cl. The largest absolute Gasteiger partial charge is 0.324 e. The molecule has 4 nitrogen and oxygen atoms in total. The van der Waals surface area contributed by atoms with Gasteiger partial charge in [-0.2, -0.15) is 0 Å². The normalized spacial score (nSPS) is 18.3. The Balaban J connectivity index is 1.78. The lowest BCUT2D eigenvalue weighted by Gasteiger charge is -2.18. The van der Waals surface area contributed by atoms with Crippen LogP contribution in [0.3, 0.4) is 0 Å². The lowest BCUT2D eigenvalue weighted by Crippen LogP contribution is -2.27. The maximum atomic E-state index is 13.3. The maximum absolute atomic E-state index is 13.3. The van der Waals surface area contributed by atoms with E-state index in [-0.39, 0.29) is 37.0 Å². The summed E-state index contributed by atoms with van der Waals surface area (Å²) in [6.07, 6.45) is 3.04. The molecule has 1 aromatic heterocycles. The second-order valence-electron chi connectivity index (χ2n) is 5.14. The molecule has 0 aliphatic carbocycles. The zero-order valence-electron chi connectivity index (χ0n) is 11.3. The van der Waals surface area contributed by atoms with Crippen LogP contribution < -0.4 is 0 Å². The van der Waals surface area contributed by atoms with Gasteiger partial charge in [0.15, 0.2) is 17.5 Å². The average molecular weight is 330 g/mol. The number of halogens is 4. The molecular weight excluding hydrogens is 319 g/mol. The van der Waals surface area contributed by atoms with E-state index in [9.17, 15) is 18.0 Å². The highest BCUT2D eigenvalue weighted by Crippen LogP contribution is 2.30. The molecule has 116 valence electrons. The van der Waals surface area contributed by atoms with Crippen molar-refractivity contribution < 1.29 is 18.0 Å². The van der Waals surface area contributed by atoms with E-state index in [4.69, 9.17) is 11.6 Å². The molecule has 2 aromatic rings. The van der Waals surface area contributed by atoms with Crippen molar-refractivity contribution in [1.29, 1.82) is 0 Å². The number of carbonyl (C=O) groups excluding carboxylic acids is 1. The lowest BCUT2D eigenvalue weighted by atomic mass is 9.98. The molecule has 1 fully saturated rings. The maximum Gasteiger partial charge on any atom is 0.224 e. The summed E-state index contributed by atoms with van der Waals surface area (Å²) in [5, 5.41) is 0.384. The van der Waals surface area contributed by atoms with Crippen LogP contribution in [-0.2, 0) is 11.5 Å². The number of benzene rings is 1. The van der Waals surface area contributed by atoms with Crippen LogP contribution in [0.15, 0.2) is 24.7 Å². The summed E-state index contributed by atoms with van der Waals surface area (Å²) in [4.78, 5) is 17.4. The molecule has 1 aliphatic heterocycles. The first-order valence-corrected chi connectivity index (χ1v) is 6.91.